The number of aromatic nitrogens is 1. The number of rotatable bonds is 7. The van der Waals surface area contributed by atoms with Crippen LogP contribution in [0, 0.1) is 5.41 Å². The molecule has 0 radical (unpaired) electrons. The van der Waals surface area contributed by atoms with Gasteiger partial charge in [0.2, 0.25) is 0 Å². The SMILES string of the molecule is N=C/C=C\Nc1ccc(Cc2cnc(N3CCc4ccc(N5CCCOC5=O)cc4C3)s2)cc1. The van der Waals surface area contributed by atoms with Gasteiger partial charge in [-0.3, -0.25) is 4.90 Å². The zero-order chi connectivity index (χ0) is 23.3. The lowest BCUT2D eigenvalue weighted by molar-refractivity contribution is 0.140. The Labute approximate surface area is 203 Å². The maximum atomic E-state index is 12.1. The van der Waals surface area contributed by atoms with Crippen LogP contribution >= 0.6 is 11.3 Å². The van der Waals surface area contributed by atoms with Crippen molar-refractivity contribution in [3.05, 3.63) is 82.5 Å². The van der Waals surface area contributed by atoms with Crippen molar-refractivity contribution >= 4 is 40.2 Å². The van der Waals surface area contributed by atoms with E-state index in [-0.39, 0.29) is 6.09 Å². The third-order valence-corrected chi connectivity index (χ3v) is 7.13. The highest BCUT2D eigenvalue weighted by molar-refractivity contribution is 7.15. The fourth-order valence-electron chi connectivity index (χ4n) is 4.30. The first-order valence-electron chi connectivity index (χ1n) is 11.5. The molecule has 0 aliphatic carbocycles. The van der Waals surface area contributed by atoms with Gasteiger partial charge in [-0.15, -0.1) is 11.3 Å². The Hall–Kier alpha value is -3.65. The topological polar surface area (TPSA) is 81.6 Å². The first-order valence-corrected chi connectivity index (χ1v) is 12.3. The Morgan fingerprint density at radius 3 is 2.85 bits per heavy atom. The number of anilines is 3. The van der Waals surface area contributed by atoms with Crippen molar-refractivity contribution in [2.45, 2.75) is 25.8 Å². The molecule has 34 heavy (non-hydrogen) atoms. The fourth-order valence-corrected chi connectivity index (χ4v) is 5.27. The lowest BCUT2D eigenvalue weighted by Crippen LogP contribution is -2.38. The third-order valence-electron chi connectivity index (χ3n) is 6.07. The van der Waals surface area contributed by atoms with Crippen LogP contribution in [0.4, 0.5) is 21.3 Å². The van der Waals surface area contributed by atoms with E-state index < -0.39 is 0 Å². The average molecular weight is 474 g/mol. The molecule has 3 heterocycles. The standard InChI is InChI=1S/C26H27N5O2S/c27-10-1-11-28-22-6-3-19(4-7-22)15-24-17-29-25(34-24)30-13-9-20-5-8-23(16-21(20)18-30)31-12-2-14-33-26(31)32/h1,3-8,10-11,16-17,27-28H,2,9,12-15,18H2/b11-1-,27-10?. The molecule has 0 saturated carbocycles. The van der Waals surface area contributed by atoms with Gasteiger partial charge in [-0.1, -0.05) is 18.2 Å². The minimum Gasteiger partial charge on any atom is -0.449 e. The summed E-state index contributed by atoms with van der Waals surface area (Å²) >= 11 is 1.74. The van der Waals surface area contributed by atoms with E-state index in [2.05, 4.69) is 34.5 Å². The summed E-state index contributed by atoms with van der Waals surface area (Å²) in [6, 6.07) is 14.6. The molecule has 2 N–H and O–H groups in total. The van der Waals surface area contributed by atoms with Gasteiger partial charge in [0.1, 0.15) is 0 Å². The van der Waals surface area contributed by atoms with Crippen molar-refractivity contribution in [3.8, 4) is 0 Å². The summed E-state index contributed by atoms with van der Waals surface area (Å²) in [7, 11) is 0. The van der Waals surface area contributed by atoms with E-state index in [1.807, 2.05) is 24.4 Å². The zero-order valence-corrected chi connectivity index (χ0v) is 19.7. The highest BCUT2D eigenvalue weighted by atomic mass is 32.1. The lowest BCUT2D eigenvalue weighted by Gasteiger charge is -2.31. The van der Waals surface area contributed by atoms with E-state index >= 15 is 0 Å². The number of carbonyl (C=O) groups excluding carboxylic acids is 1. The van der Waals surface area contributed by atoms with Crippen molar-refractivity contribution in [1.29, 1.82) is 5.41 Å². The van der Waals surface area contributed by atoms with Crippen LogP contribution in [0.15, 0.2) is 60.9 Å². The van der Waals surface area contributed by atoms with Crippen LogP contribution in [0.25, 0.3) is 0 Å². The Bertz CT molecular complexity index is 1200. The largest absolute Gasteiger partial charge is 0.449 e. The van der Waals surface area contributed by atoms with Gasteiger partial charge >= 0.3 is 6.09 Å². The maximum absolute atomic E-state index is 12.1. The Balaban J connectivity index is 1.25. The number of hydrogen-bond acceptors (Lipinski definition) is 7. The van der Waals surface area contributed by atoms with Crippen LogP contribution < -0.4 is 15.1 Å². The first-order chi connectivity index (χ1) is 16.7. The van der Waals surface area contributed by atoms with Gasteiger partial charge in [0, 0.05) is 60.9 Å². The van der Waals surface area contributed by atoms with Crippen LogP contribution in [-0.4, -0.2) is 37.0 Å². The average Bonchev–Trinajstić information content (AvgIpc) is 3.33. The van der Waals surface area contributed by atoms with E-state index in [4.69, 9.17) is 15.1 Å². The van der Waals surface area contributed by atoms with E-state index in [0.717, 1.165) is 48.9 Å². The van der Waals surface area contributed by atoms with Gasteiger partial charge in [-0.25, -0.2) is 9.78 Å². The van der Waals surface area contributed by atoms with Crippen molar-refractivity contribution in [3.63, 3.8) is 0 Å². The summed E-state index contributed by atoms with van der Waals surface area (Å²) in [6.07, 6.45) is 9.04. The summed E-state index contributed by atoms with van der Waals surface area (Å²) in [6.45, 7) is 2.94. The Morgan fingerprint density at radius 1 is 1.15 bits per heavy atom. The molecule has 0 bridgehead atoms. The monoisotopic (exact) mass is 473 g/mol. The summed E-state index contributed by atoms with van der Waals surface area (Å²) in [5.74, 6) is 0. The van der Waals surface area contributed by atoms with Gasteiger partial charge in [0.15, 0.2) is 5.13 Å². The number of nitrogens with zero attached hydrogens (tertiary/aromatic N) is 3. The number of carbonyl (C=O) groups is 1. The summed E-state index contributed by atoms with van der Waals surface area (Å²) in [5.41, 5.74) is 5.73. The highest BCUT2D eigenvalue weighted by Gasteiger charge is 2.24. The molecule has 8 heteroatoms. The lowest BCUT2D eigenvalue weighted by atomic mass is 9.99. The third kappa shape index (κ3) is 4.97. The molecule has 1 saturated heterocycles. The van der Waals surface area contributed by atoms with Crippen molar-refractivity contribution in [1.82, 2.24) is 4.98 Å². The smallest absolute Gasteiger partial charge is 0.414 e. The minimum absolute atomic E-state index is 0.255. The van der Waals surface area contributed by atoms with E-state index in [0.29, 0.717) is 13.2 Å². The minimum atomic E-state index is -0.255. The molecular weight excluding hydrogens is 446 g/mol. The van der Waals surface area contributed by atoms with Crippen LogP contribution in [0.3, 0.4) is 0 Å². The van der Waals surface area contributed by atoms with Gasteiger partial charge in [-0.05, 0) is 59.9 Å². The number of thiazole rings is 1. The predicted octanol–water partition coefficient (Wildman–Crippen LogP) is 5.22. The molecule has 3 aromatic rings. The number of hydrogen-bond donors (Lipinski definition) is 2. The normalized spacial score (nSPS) is 15.8. The molecule has 1 aromatic heterocycles. The molecule has 0 unspecified atom stereocenters. The van der Waals surface area contributed by atoms with E-state index in [1.165, 1.54) is 27.8 Å². The molecule has 2 aliphatic rings. The predicted molar refractivity (Wildman–Crippen MR) is 137 cm³/mol. The van der Waals surface area contributed by atoms with Crippen LogP contribution in [0.1, 0.15) is 28.0 Å². The van der Waals surface area contributed by atoms with Gasteiger partial charge in [-0.2, -0.15) is 0 Å². The number of nitrogens with one attached hydrogen (secondary N) is 2. The summed E-state index contributed by atoms with van der Waals surface area (Å²) in [5, 5.41) is 11.2. The second-order valence-electron chi connectivity index (χ2n) is 8.40. The van der Waals surface area contributed by atoms with Crippen LogP contribution in [0.2, 0.25) is 0 Å². The fraction of sp³-hybridized carbons (Fsp3) is 0.269. The number of allylic oxidation sites excluding steroid dienone is 1. The molecule has 0 spiro atoms. The van der Waals surface area contributed by atoms with E-state index in [9.17, 15) is 4.79 Å². The molecule has 1 fully saturated rings. The molecule has 5 rings (SSSR count). The van der Waals surface area contributed by atoms with Crippen LogP contribution in [0.5, 0.6) is 0 Å². The van der Waals surface area contributed by atoms with Gasteiger partial charge in [0.25, 0.3) is 0 Å². The van der Waals surface area contributed by atoms with Crippen molar-refractivity contribution in [2.75, 3.05) is 34.8 Å². The number of amides is 1. The number of ether oxygens (including phenoxy) is 1. The van der Waals surface area contributed by atoms with Crippen molar-refractivity contribution < 1.29 is 9.53 Å². The second kappa shape index (κ2) is 10.1. The van der Waals surface area contributed by atoms with Crippen molar-refractivity contribution in [2.24, 2.45) is 0 Å². The Kier molecular flexibility index (Phi) is 6.58. The Morgan fingerprint density at radius 2 is 2.03 bits per heavy atom. The number of cyclic esters (lactones) is 1. The quantitative estimate of drug-likeness (QED) is 0.460. The van der Waals surface area contributed by atoms with E-state index in [1.54, 1.807) is 28.5 Å². The van der Waals surface area contributed by atoms with Gasteiger partial charge in [0.05, 0.1) is 6.61 Å². The summed E-state index contributed by atoms with van der Waals surface area (Å²) in [4.78, 5) is 22.2. The summed E-state index contributed by atoms with van der Waals surface area (Å²) < 4.78 is 5.21. The number of benzene rings is 2. The first kappa shape index (κ1) is 22.2. The molecule has 7 nitrogen and oxygen atoms in total. The van der Waals surface area contributed by atoms with Crippen LogP contribution in [-0.2, 0) is 24.1 Å². The van der Waals surface area contributed by atoms with Gasteiger partial charge < -0.3 is 20.4 Å². The molecule has 1 amide bonds. The zero-order valence-electron chi connectivity index (χ0n) is 18.9. The molecule has 174 valence electrons. The molecular formula is C26H27N5O2S. The molecule has 2 aromatic carbocycles. The second-order valence-corrected chi connectivity index (χ2v) is 9.49. The molecule has 2 aliphatic heterocycles. The highest BCUT2D eigenvalue weighted by Crippen LogP contribution is 2.31. The number of fused-ring (bicyclic) bond motifs is 1. The molecule has 0 atom stereocenters. The maximum Gasteiger partial charge on any atom is 0.414 e.